The Kier molecular flexibility index (Phi) is 3.55. The SMILES string of the molecule is CC1(C)c2cccnc2N(C2CC(Nc3nc4ccccc4s3)C2)S1(=O)=O. The third-order valence-corrected chi connectivity index (χ3v) is 9.08. The molecule has 1 N–H and O–H groups in total. The van der Waals surface area contributed by atoms with Crippen LogP contribution in [0, 0.1) is 0 Å². The first-order valence-corrected chi connectivity index (χ1v) is 11.3. The third kappa shape index (κ3) is 2.39. The molecule has 5 rings (SSSR count). The highest BCUT2D eigenvalue weighted by Crippen LogP contribution is 2.49. The van der Waals surface area contributed by atoms with Gasteiger partial charge in [0.1, 0.15) is 10.6 Å². The summed E-state index contributed by atoms with van der Waals surface area (Å²) in [5.41, 5.74) is 1.77. The van der Waals surface area contributed by atoms with Crippen LogP contribution in [0.1, 0.15) is 32.3 Å². The number of benzene rings is 1. The van der Waals surface area contributed by atoms with Gasteiger partial charge >= 0.3 is 0 Å². The van der Waals surface area contributed by atoms with Gasteiger partial charge < -0.3 is 5.32 Å². The van der Waals surface area contributed by atoms with Crippen LogP contribution in [0.15, 0.2) is 42.6 Å². The van der Waals surface area contributed by atoms with Crippen molar-refractivity contribution in [3.8, 4) is 0 Å². The Balaban J connectivity index is 1.36. The van der Waals surface area contributed by atoms with Gasteiger partial charge in [0.05, 0.1) is 16.3 Å². The standard InChI is InChI=1S/C19H20N4O2S2/c1-19(2)14-6-5-9-20-17(14)23(27(19,24)25)13-10-12(11-13)21-18-22-15-7-3-4-8-16(15)26-18/h3-9,12-13H,10-11H2,1-2H3,(H,21,22). The van der Waals surface area contributed by atoms with Crippen LogP contribution >= 0.6 is 11.3 Å². The van der Waals surface area contributed by atoms with E-state index in [1.54, 1.807) is 41.8 Å². The van der Waals surface area contributed by atoms with E-state index in [9.17, 15) is 8.42 Å². The number of anilines is 2. The maximum Gasteiger partial charge on any atom is 0.246 e. The summed E-state index contributed by atoms with van der Waals surface area (Å²) in [5.74, 6) is 0.589. The van der Waals surface area contributed by atoms with Gasteiger partial charge in [-0.05, 0) is 44.9 Å². The largest absolute Gasteiger partial charge is 0.359 e. The minimum Gasteiger partial charge on any atom is -0.359 e. The first-order valence-electron chi connectivity index (χ1n) is 8.99. The lowest BCUT2D eigenvalue weighted by Crippen LogP contribution is -2.53. The lowest BCUT2D eigenvalue weighted by Gasteiger charge is -2.41. The number of pyridine rings is 1. The van der Waals surface area contributed by atoms with Crippen LogP contribution in [0.2, 0.25) is 0 Å². The van der Waals surface area contributed by atoms with Crippen molar-refractivity contribution < 1.29 is 8.42 Å². The molecule has 6 nitrogen and oxygen atoms in total. The van der Waals surface area contributed by atoms with Gasteiger partial charge in [0.25, 0.3) is 0 Å². The number of hydrogen-bond acceptors (Lipinski definition) is 6. The van der Waals surface area contributed by atoms with Crippen molar-refractivity contribution in [3.05, 3.63) is 48.2 Å². The van der Waals surface area contributed by atoms with Gasteiger partial charge in [-0.2, -0.15) is 0 Å². The van der Waals surface area contributed by atoms with Gasteiger partial charge in [0.2, 0.25) is 10.0 Å². The summed E-state index contributed by atoms with van der Waals surface area (Å²) in [6, 6.07) is 11.9. The fourth-order valence-electron chi connectivity index (χ4n) is 3.92. The first-order chi connectivity index (χ1) is 12.9. The second-order valence-electron chi connectivity index (χ2n) is 7.64. The summed E-state index contributed by atoms with van der Waals surface area (Å²) in [6.45, 7) is 3.52. The molecule has 3 aromatic rings. The van der Waals surface area contributed by atoms with Crippen molar-refractivity contribution in [2.45, 2.75) is 43.5 Å². The van der Waals surface area contributed by atoms with Crippen molar-refractivity contribution in [1.82, 2.24) is 9.97 Å². The third-order valence-electron chi connectivity index (χ3n) is 5.61. The molecule has 1 aliphatic heterocycles. The van der Waals surface area contributed by atoms with Crippen molar-refractivity contribution in [1.29, 1.82) is 0 Å². The minimum atomic E-state index is -3.47. The molecule has 0 bridgehead atoms. The summed E-state index contributed by atoms with van der Waals surface area (Å²) in [4.78, 5) is 9.00. The number of nitrogens with zero attached hydrogens (tertiary/aromatic N) is 3. The Hall–Kier alpha value is -2.19. The van der Waals surface area contributed by atoms with E-state index >= 15 is 0 Å². The van der Waals surface area contributed by atoms with Gasteiger partial charge in [-0.25, -0.2) is 22.7 Å². The highest BCUT2D eigenvalue weighted by atomic mass is 32.2. The normalized spacial score (nSPS) is 25.2. The smallest absolute Gasteiger partial charge is 0.246 e. The number of para-hydroxylation sites is 1. The summed E-state index contributed by atoms with van der Waals surface area (Å²) in [6.07, 6.45) is 3.17. The Labute approximate surface area is 162 Å². The summed E-state index contributed by atoms with van der Waals surface area (Å²) < 4.78 is 28.0. The second kappa shape index (κ2) is 5.65. The lowest BCUT2D eigenvalue weighted by atomic mass is 9.86. The molecule has 2 aromatic heterocycles. The van der Waals surface area contributed by atoms with E-state index in [4.69, 9.17) is 0 Å². The monoisotopic (exact) mass is 400 g/mol. The van der Waals surface area contributed by atoms with E-state index in [1.807, 2.05) is 24.3 Å². The van der Waals surface area contributed by atoms with Gasteiger partial charge in [-0.15, -0.1) is 0 Å². The fraction of sp³-hybridized carbons (Fsp3) is 0.368. The van der Waals surface area contributed by atoms with Gasteiger partial charge in [0, 0.05) is 17.8 Å². The van der Waals surface area contributed by atoms with Crippen molar-refractivity contribution >= 4 is 42.5 Å². The minimum absolute atomic E-state index is 0.0581. The number of sulfonamides is 1. The zero-order valence-electron chi connectivity index (χ0n) is 15.1. The summed E-state index contributed by atoms with van der Waals surface area (Å²) in [7, 11) is -3.47. The van der Waals surface area contributed by atoms with Crippen LogP contribution in [0.3, 0.4) is 0 Å². The predicted octanol–water partition coefficient (Wildman–Crippen LogP) is 3.72. The van der Waals surface area contributed by atoms with E-state index in [2.05, 4.69) is 21.4 Å². The highest BCUT2D eigenvalue weighted by molar-refractivity contribution is 7.94. The Morgan fingerprint density at radius 3 is 2.74 bits per heavy atom. The number of hydrogen-bond donors (Lipinski definition) is 1. The Morgan fingerprint density at radius 1 is 1.19 bits per heavy atom. The van der Waals surface area contributed by atoms with Crippen LogP contribution in [0.4, 0.5) is 10.9 Å². The van der Waals surface area contributed by atoms with Crippen molar-refractivity contribution in [2.24, 2.45) is 0 Å². The van der Waals surface area contributed by atoms with Crippen LogP contribution in [-0.4, -0.2) is 30.5 Å². The highest BCUT2D eigenvalue weighted by Gasteiger charge is 2.54. The van der Waals surface area contributed by atoms with E-state index in [0.717, 1.165) is 33.8 Å². The molecule has 0 saturated heterocycles. The van der Waals surface area contributed by atoms with E-state index in [-0.39, 0.29) is 12.1 Å². The van der Waals surface area contributed by atoms with Crippen LogP contribution in [0.5, 0.6) is 0 Å². The lowest BCUT2D eigenvalue weighted by molar-refractivity contribution is 0.372. The van der Waals surface area contributed by atoms with Crippen molar-refractivity contribution in [2.75, 3.05) is 9.62 Å². The average molecular weight is 401 g/mol. The fourth-order valence-corrected chi connectivity index (χ4v) is 6.73. The molecule has 8 heteroatoms. The van der Waals surface area contributed by atoms with Crippen molar-refractivity contribution in [3.63, 3.8) is 0 Å². The van der Waals surface area contributed by atoms with Gasteiger partial charge in [-0.3, -0.25) is 0 Å². The number of fused-ring (bicyclic) bond motifs is 2. The number of nitrogens with one attached hydrogen (secondary N) is 1. The molecule has 0 unspecified atom stereocenters. The van der Waals surface area contributed by atoms with Crippen LogP contribution in [0.25, 0.3) is 10.2 Å². The van der Waals surface area contributed by atoms with Crippen LogP contribution < -0.4 is 9.62 Å². The molecule has 27 heavy (non-hydrogen) atoms. The van der Waals surface area contributed by atoms with Gasteiger partial charge in [0.15, 0.2) is 5.13 Å². The molecule has 0 atom stereocenters. The van der Waals surface area contributed by atoms with E-state index in [1.165, 1.54) is 0 Å². The molecular formula is C19H20N4O2S2. The number of aromatic nitrogens is 2. The maximum absolute atomic E-state index is 13.1. The number of rotatable bonds is 3. The topological polar surface area (TPSA) is 75.2 Å². The molecule has 0 radical (unpaired) electrons. The first kappa shape index (κ1) is 16.9. The molecule has 2 aliphatic rings. The molecule has 3 heterocycles. The molecule has 140 valence electrons. The summed E-state index contributed by atoms with van der Waals surface area (Å²) >= 11 is 1.63. The molecule has 0 spiro atoms. The molecular weight excluding hydrogens is 380 g/mol. The van der Waals surface area contributed by atoms with Crippen LogP contribution in [-0.2, 0) is 14.8 Å². The molecule has 0 amide bonds. The van der Waals surface area contributed by atoms with E-state index in [0.29, 0.717) is 5.82 Å². The number of thiazole rings is 1. The molecule has 1 fully saturated rings. The molecule has 1 aromatic carbocycles. The Bertz CT molecular complexity index is 1100. The predicted molar refractivity (Wildman–Crippen MR) is 109 cm³/mol. The molecule has 1 saturated carbocycles. The quantitative estimate of drug-likeness (QED) is 0.725. The zero-order valence-corrected chi connectivity index (χ0v) is 16.7. The summed E-state index contributed by atoms with van der Waals surface area (Å²) in [5, 5.41) is 4.35. The average Bonchev–Trinajstić information content (AvgIpc) is 3.07. The zero-order chi connectivity index (χ0) is 18.8. The van der Waals surface area contributed by atoms with E-state index < -0.39 is 14.8 Å². The maximum atomic E-state index is 13.1. The Morgan fingerprint density at radius 2 is 1.96 bits per heavy atom. The molecule has 1 aliphatic carbocycles. The van der Waals surface area contributed by atoms with Gasteiger partial charge in [-0.1, -0.05) is 29.5 Å². The second-order valence-corrected chi connectivity index (χ2v) is 11.0.